The third kappa shape index (κ3) is 3.60. The summed E-state index contributed by atoms with van der Waals surface area (Å²) in [5.41, 5.74) is 1.42. The number of carbonyl (C=O) groups excluding carboxylic acids is 1. The summed E-state index contributed by atoms with van der Waals surface area (Å²) in [5.74, 6) is 0.449. The van der Waals surface area contributed by atoms with Gasteiger partial charge in [-0.1, -0.05) is 12.1 Å². The first kappa shape index (κ1) is 17.7. The Morgan fingerprint density at radius 3 is 2.50 bits per heavy atom. The highest BCUT2D eigenvalue weighted by atomic mass is 35.5. The van der Waals surface area contributed by atoms with E-state index in [-0.39, 0.29) is 24.1 Å². The SMILES string of the molecule is Cl.O=C(C1CC12CCNCC2)N(CCc1ccc(F)cc1)C1CC1. The van der Waals surface area contributed by atoms with E-state index in [2.05, 4.69) is 10.2 Å². The molecule has 1 aliphatic heterocycles. The molecule has 24 heavy (non-hydrogen) atoms. The molecule has 132 valence electrons. The van der Waals surface area contributed by atoms with Crippen molar-refractivity contribution in [3.63, 3.8) is 0 Å². The van der Waals surface area contributed by atoms with Crippen LogP contribution in [0, 0.1) is 17.2 Å². The maximum absolute atomic E-state index is 13.0. The summed E-state index contributed by atoms with van der Waals surface area (Å²) in [7, 11) is 0. The lowest BCUT2D eigenvalue weighted by molar-refractivity contribution is -0.134. The third-order valence-corrected chi connectivity index (χ3v) is 5.91. The minimum absolute atomic E-state index is 0. The topological polar surface area (TPSA) is 32.3 Å². The number of nitrogens with zero attached hydrogens (tertiary/aromatic N) is 1. The molecule has 4 rings (SSSR count). The van der Waals surface area contributed by atoms with Crippen LogP contribution in [0.3, 0.4) is 0 Å². The summed E-state index contributed by atoms with van der Waals surface area (Å²) in [5, 5.41) is 3.40. The van der Waals surface area contributed by atoms with Crippen molar-refractivity contribution in [3.8, 4) is 0 Å². The molecule has 2 aliphatic carbocycles. The van der Waals surface area contributed by atoms with Gasteiger partial charge in [-0.3, -0.25) is 4.79 Å². The number of carbonyl (C=O) groups is 1. The van der Waals surface area contributed by atoms with Gasteiger partial charge in [0.25, 0.3) is 0 Å². The van der Waals surface area contributed by atoms with E-state index in [9.17, 15) is 9.18 Å². The lowest BCUT2D eigenvalue weighted by Gasteiger charge is -2.27. The minimum Gasteiger partial charge on any atom is -0.339 e. The zero-order chi connectivity index (χ0) is 15.9. The number of piperidine rings is 1. The molecule has 2 saturated carbocycles. The monoisotopic (exact) mass is 352 g/mol. The maximum atomic E-state index is 13.0. The summed E-state index contributed by atoms with van der Waals surface area (Å²) in [4.78, 5) is 15.1. The zero-order valence-corrected chi connectivity index (χ0v) is 14.8. The average Bonchev–Trinajstić information content (AvgIpc) is 3.48. The summed E-state index contributed by atoms with van der Waals surface area (Å²) < 4.78 is 13.0. The maximum Gasteiger partial charge on any atom is 0.226 e. The first-order chi connectivity index (χ1) is 11.2. The molecule has 3 fully saturated rings. The number of halogens is 2. The number of hydrogen-bond acceptors (Lipinski definition) is 2. The van der Waals surface area contributed by atoms with Crippen LogP contribution in [-0.2, 0) is 11.2 Å². The Bertz CT molecular complexity index is 582. The molecule has 0 radical (unpaired) electrons. The van der Waals surface area contributed by atoms with Crippen LogP contribution in [0.2, 0.25) is 0 Å². The van der Waals surface area contributed by atoms with Gasteiger partial charge < -0.3 is 10.2 Å². The van der Waals surface area contributed by atoms with Crippen LogP contribution >= 0.6 is 12.4 Å². The fourth-order valence-corrected chi connectivity index (χ4v) is 4.13. The quantitative estimate of drug-likeness (QED) is 0.882. The van der Waals surface area contributed by atoms with E-state index >= 15 is 0 Å². The van der Waals surface area contributed by atoms with Crippen LogP contribution in [-0.4, -0.2) is 36.5 Å². The standard InChI is InChI=1S/C19H25FN2O.ClH/c20-15-3-1-14(2-4-15)7-12-22(16-5-6-16)18(23)17-13-19(17)8-10-21-11-9-19;/h1-4,16-17,21H,5-13H2;1H. The molecule has 1 heterocycles. The van der Waals surface area contributed by atoms with Gasteiger partial charge in [-0.25, -0.2) is 4.39 Å². The van der Waals surface area contributed by atoms with Crippen LogP contribution in [0.5, 0.6) is 0 Å². The third-order valence-electron chi connectivity index (χ3n) is 5.91. The Hall–Kier alpha value is -1.13. The zero-order valence-electron chi connectivity index (χ0n) is 14.0. The van der Waals surface area contributed by atoms with Crippen molar-refractivity contribution in [3.05, 3.63) is 35.6 Å². The molecule has 0 aromatic heterocycles. The first-order valence-corrected chi connectivity index (χ1v) is 8.94. The Kier molecular flexibility index (Phi) is 5.16. The van der Waals surface area contributed by atoms with Gasteiger partial charge in [0, 0.05) is 18.5 Å². The molecular formula is C19H26ClFN2O. The number of benzene rings is 1. The van der Waals surface area contributed by atoms with Gasteiger partial charge in [0.05, 0.1) is 0 Å². The predicted molar refractivity (Wildman–Crippen MR) is 94.7 cm³/mol. The van der Waals surface area contributed by atoms with Crippen LogP contribution in [0.25, 0.3) is 0 Å². The Labute approximate surface area is 149 Å². The van der Waals surface area contributed by atoms with E-state index in [1.807, 2.05) is 12.1 Å². The van der Waals surface area contributed by atoms with E-state index in [4.69, 9.17) is 0 Å². The van der Waals surface area contributed by atoms with Crippen molar-refractivity contribution in [2.45, 2.75) is 44.6 Å². The fourth-order valence-electron chi connectivity index (χ4n) is 4.13. The number of nitrogens with one attached hydrogen (secondary N) is 1. The molecule has 3 nitrogen and oxygen atoms in total. The molecule has 1 aromatic carbocycles. The lowest BCUT2D eigenvalue weighted by atomic mass is 9.91. The van der Waals surface area contributed by atoms with Gasteiger partial charge in [-0.2, -0.15) is 0 Å². The number of amides is 1. The fraction of sp³-hybridized carbons (Fsp3) is 0.632. The summed E-state index contributed by atoms with van der Waals surface area (Å²) in [6.07, 6.45) is 6.52. The number of rotatable bonds is 5. The average molecular weight is 353 g/mol. The Balaban J connectivity index is 0.00000169. The molecule has 0 bridgehead atoms. The minimum atomic E-state index is -0.199. The molecule has 1 atom stereocenters. The van der Waals surface area contributed by atoms with Crippen LogP contribution in [0.15, 0.2) is 24.3 Å². The number of hydrogen-bond donors (Lipinski definition) is 1. The van der Waals surface area contributed by atoms with Crippen LogP contribution in [0.1, 0.15) is 37.7 Å². The van der Waals surface area contributed by atoms with Gasteiger partial charge >= 0.3 is 0 Å². The molecule has 1 aromatic rings. The van der Waals surface area contributed by atoms with Crippen molar-refractivity contribution in [1.82, 2.24) is 10.2 Å². The van der Waals surface area contributed by atoms with Crippen LogP contribution in [0.4, 0.5) is 4.39 Å². The lowest BCUT2D eigenvalue weighted by Crippen LogP contribution is -2.39. The summed E-state index contributed by atoms with van der Waals surface area (Å²) >= 11 is 0. The van der Waals surface area contributed by atoms with Crippen molar-refractivity contribution in [2.24, 2.45) is 11.3 Å². The van der Waals surface area contributed by atoms with Gasteiger partial charge in [0.15, 0.2) is 0 Å². The van der Waals surface area contributed by atoms with Crippen molar-refractivity contribution in [1.29, 1.82) is 0 Å². The van der Waals surface area contributed by atoms with Gasteiger partial charge in [0.1, 0.15) is 5.82 Å². The highest BCUT2D eigenvalue weighted by molar-refractivity contribution is 5.85. The van der Waals surface area contributed by atoms with Gasteiger partial charge in [-0.15, -0.1) is 12.4 Å². The molecule has 1 unspecified atom stereocenters. The molecular weight excluding hydrogens is 327 g/mol. The van der Waals surface area contributed by atoms with E-state index in [0.29, 0.717) is 17.4 Å². The molecule has 1 amide bonds. The first-order valence-electron chi connectivity index (χ1n) is 8.94. The molecule has 5 heteroatoms. The van der Waals surface area contributed by atoms with Crippen molar-refractivity contribution >= 4 is 18.3 Å². The largest absolute Gasteiger partial charge is 0.339 e. The molecule has 1 N–H and O–H groups in total. The molecule has 3 aliphatic rings. The van der Waals surface area contributed by atoms with Crippen LogP contribution < -0.4 is 5.32 Å². The van der Waals surface area contributed by atoms with Gasteiger partial charge in [0.2, 0.25) is 5.91 Å². The second kappa shape index (κ2) is 7.01. The highest BCUT2D eigenvalue weighted by Gasteiger charge is 2.59. The van der Waals surface area contributed by atoms with Crippen molar-refractivity contribution in [2.75, 3.05) is 19.6 Å². The second-order valence-corrected chi connectivity index (χ2v) is 7.51. The summed E-state index contributed by atoms with van der Waals surface area (Å²) in [6, 6.07) is 7.13. The smallest absolute Gasteiger partial charge is 0.226 e. The van der Waals surface area contributed by atoms with E-state index in [1.165, 1.54) is 12.1 Å². The van der Waals surface area contributed by atoms with E-state index in [0.717, 1.165) is 63.7 Å². The Morgan fingerprint density at radius 2 is 1.88 bits per heavy atom. The normalized spacial score (nSPS) is 24.3. The second-order valence-electron chi connectivity index (χ2n) is 7.51. The van der Waals surface area contributed by atoms with Gasteiger partial charge in [-0.05, 0) is 74.7 Å². The summed E-state index contributed by atoms with van der Waals surface area (Å²) in [6.45, 7) is 2.89. The Morgan fingerprint density at radius 1 is 1.21 bits per heavy atom. The van der Waals surface area contributed by atoms with Crippen molar-refractivity contribution < 1.29 is 9.18 Å². The van der Waals surface area contributed by atoms with E-state index < -0.39 is 0 Å². The molecule has 1 spiro atoms. The highest BCUT2D eigenvalue weighted by Crippen LogP contribution is 2.59. The molecule has 1 saturated heterocycles. The van der Waals surface area contributed by atoms with E-state index in [1.54, 1.807) is 0 Å². The predicted octanol–water partition coefficient (Wildman–Crippen LogP) is 3.17.